The van der Waals surface area contributed by atoms with Crippen molar-refractivity contribution in [3.63, 3.8) is 0 Å². The Labute approximate surface area is 116 Å². The fourth-order valence-electron chi connectivity index (χ4n) is 5.23. The lowest BCUT2D eigenvalue weighted by atomic mass is 9.76. The van der Waals surface area contributed by atoms with Crippen molar-refractivity contribution in [3.8, 4) is 0 Å². The molecule has 0 N–H and O–H groups in total. The minimum absolute atomic E-state index is 0.0813. The van der Waals surface area contributed by atoms with Crippen molar-refractivity contribution in [2.75, 3.05) is 7.05 Å². The Morgan fingerprint density at radius 3 is 2.75 bits per heavy atom. The number of Topliss-reactive ketones (excluding diaryl/α,β-unsaturated/α-hetero) is 1. The van der Waals surface area contributed by atoms with Crippen LogP contribution in [0.5, 0.6) is 0 Å². The van der Waals surface area contributed by atoms with Gasteiger partial charge in [-0.2, -0.15) is 0 Å². The highest BCUT2D eigenvalue weighted by Gasteiger charge is 2.78. The van der Waals surface area contributed by atoms with E-state index in [-0.39, 0.29) is 41.5 Å². The van der Waals surface area contributed by atoms with E-state index in [1.807, 2.05) is 37.4 Å². The number of benzene rings is 1. The van der Waals surface area contributed by atoms with E-state index in [0.29, 0.717) is 0 Å². The van der Waals surface area contributed by atoms with Crippen molar-refractivity contribution in [2.45, 2.75) is 18.2 Å². The summed E-state index contributed by atoms with van der Waals surface area (Å²) in [5, 5.41) is 0. The van der Waals surface area contributed by atoms with E-state index >= 15 is 0 Å². The van der Waals surface area contributed by atoms with Crippen LogP contribution in [-0.4, -0.2) is 29.7 Å². The molecular weight excluding hydrogens is 254 g/mol. The fourth-order valence-corrected chi connectivity index (χ4v) is 5.23. The molecule has 0 spiro atoms. The maximum Gasteiger partial charge on any atom is 0.229 e. The van der Waals surface area contributed by atoms with Crippen LogP contribution in [0.4, 0.5) is 0 Å². The van der Waals surface area contributed by atoms with Gasteiger partial charge in [-0.3, -0.25) is 9.59 Å². The minimum Gasteiger partial charge on any atom is -0.340 e. The van der Waals surface area contributed by atoms with Crippen molar-refractivity contribution < 1.29 is 14.3 Å². The maximum absolute atomic E-state index is 12.6. The first-order chi connectivity index (χ1) is 9.66. The van der Waals surface area contributed by atoms with Gasteiger partial charge in [0.15, 0.2) is 11.5 Å². The molecule has 6 unspecified atom stereocenters. The largest absolute Gasteiger partial charge is 0.340 e. The predicted molar refractivity (Wildman–Crippen MR) is 69.3 cm³/mol. The molecule has 2 heterocycles. The summed E-state index contributed by atoms with van der Waals surface area (Å²) in [7, 11) is 1.82. The lowest BCUT2D eigenvalue weighted by Gasteiger charge is -2.36. The smallest absolute Gasteiger partial charge is 0.229 e. The van der Waals surface area contributed by atoms with Crippen molar-refractivity contribution >= 4 is 11.7 Å². The summed E-state index contributed by atoms with van der Waals surface area (Å²) in [6, 6.07) is 9.91. The van der Waals surface area contributed by atoms with Crippen molar-refractivity contribution in [1.29, 1.82) is 0 Å². The average molecular weight is 269 g/mol. The standard InChI is InChI=1S/C16H15NO3/c1-17-15(19)11-9-7-10-12(11)16(17,20-14(10)13(9)18)8-5-3-2-4-6-8/h2-6,9-12,14H,7H2,1H3. The summed E-state index contributed by atoms with van der Waals surface area (Å²) < 4.78 is 6.25. The number of likely N-dealkylation sites (tertiary alicyclic amines) is 1. The van der Waals surface area contributed by atoms with Gasteiger partial charge in [-0.05, 0) is 6.42 Å². The van der Waals surface area contributed by atoms with Crippen LogP contribution in [0.1, 0.15) is 12.0 Å². The van der Waals surface area contributed by atoms with Crippen LogP contribution in [-0.2, 0) is 20.1 Å². The molecule has 1 aromatic carbocycles. The summed E-state index contributed by atoms with van der Waals surface area (Å²) in [6.45, 7) is 0. The van der Waals surface area contributed by atoms with E-state index in [9.17, 15) is 9.59 Å². The molecule has 2 saturated heterocycles. The number of nitrogens with zero attached hydrogens (tertiary/aromatic N) is 1. The molecule has 0 aromatic heterocycles. The number of fused-ring (bicyclic) bond motifs is 2. The highest BCUT2D eigenvalue weighted by Crippen LogP contribution is 2.68. The highest BCUT2D eigenvalue weighted by atomic mass is 16.5. The second-order valence-electron chi connectivity index (χ2n) is 6.46. The Kier molecular flexibility index (Phi) is 1.73. The van der Waals surface area contributed by atoms with Gasteiger partial charge in [0.25, 0.3) is 0 Å². The zero-order valence-corrected chi connectivity index (χ0v) is 11.2. The van der Waals surface area contributed by atoms with Gasteiger partial charge in [0.05, 0.1) is 5.92 Å². The van der Waals surface area contributed by atoms with Crippen molar-refractivity contribution in [2.24, 2.45) is 23.7 Å². The first-order valence-electron chi connectivity index (χ1n) is 7.21. The minimum atomic E-state index is -0.709. The number of hydrogen-bond donors (Lipinski definition) is 0. The summed E-state index contributed by atoms with van der Waals surface area (Å²) in [5.41, 5.74) is 0.297. The molecule has 20 heavy (non-hydrogen) atoms. The van der Waals surface area contributed by atoms with Crippen LogP contribution in [0.25, 0.3) is 0 Å². The number of amides is 1. The zero-order chi connectivity index (χ0) is 13.6. The first-order valence-corrected chi connectivity index (χ1v) is 7.21. The van der Waals surface area contributed by atoms with Gasteiger partial charge in [-0.25, -0.2) is 0 Å². The second kappa shape index (κ2) is 3.14. The summed E-state index contributed by atoms with van der Waals surface area (Å²) >= 11 is 0. The molecule has 2 aliphatic heterocycles. The normalized spacial score (nSPS) is 47.6. The Bertz CT molecular complexity index is 642. The molecular formula is C16H15NO3. The van der Waals surface area contributed by atoms with E-state index < -0.39 is 5.72 Å². The van der Waals surface area contributed by atoms with Crippen LogP contribution in [0.15, 0.2) is 30.3 Å². The average Bonchev–Trinajstić information content (AvgIpc) is 3.12. The van der Waals surface area contributed by atoms with Crippen LogP contribution in [0, 0.1) is 23.7 Å². The molecule has 6 atom stereocenters. The van der Waals surface area contributed by atoms with Gasteiger partial charge in [-0.15, -0.1) is 0 Å². The Morgan fingerprint density at radius 1 is 1.25 bits per heavy atom. The molecule has 2 aliphatic carbocycles. The summed E-state index contributed by atoms with van der Waals surface area (Å²) in [5.74, 6) is 0.365. The molecule has 4 heteroatoms. The van der Waals surface area contributed by atoms with E-state index in [1.165, 1.54) is 0 Å². The number of rotatable bonds is 1. The Morgan fingerprint density at radius 2 is 2.00 bits per heavy atom. The lowest BCUT2D eigenvalue weighted by molar-refractivity contribution is -0.169. The van der Waals surface area contributed by atoms with Gasteiger partial charge in [0, 0.05) is 30.4 Å². The third-order valence-corrected chi connectivity index (χ3v) is 5.90. The van der Waals surface area contributed by atoms with Gasteiger partial charge < -0.3 is 9.64 Å². The molecule has 4 nitrogen and oxygen atoms in total. The monoisotopic (exact) mass is 269 g/mol. The predicted octanol–water partition coefficient (Wildman–Crippen LogP) is 1.16. The number of ether oxygens (including phenoxy) is 1. The van der Waals surface area contributed by atoms with E-state index in [2.05, 4.69) is 0 Å². The van der Waals surface area contributed by atoms with Crippen molar-refractivity contribution in [3.05, 3.63) is 35.9 Å². The number of hydrogen-bond acceptors (Lipinski definition) is 3. The van der Waals surface area contributed by atoms with Crippen LogP contribution < -0.4 is 0 Å². The van der Waals surface area contributed by atoms with Crippen LogP contribution in [0.3, 0.4) is 0 Å². The molecule has 5 rings (SSSR count). The van der Waals surface area contributed by atoms with Gasteiger partial charge in [0.2, 0.25) is 5.91 Å². The van der Waals surface area contributed by atoms with Gasteiger partial charge >= 0.3 is 0 Å². The first kappa shape index (κ1) is 11.0. The molecule has 0 radical (unpaired) electrons. The molecule has 4 fully saturated rings. The third-order valence-electron chi connectivity index (χ3n) is 5.90. The second-order valence-corrected chi connectivity index (χ2v) is 6.46. The van der Waals surface area contributed by atoms with E-state index in [4.69, 9.17) is 4.74 Å². The zero-order valence-electron chi connectivity index (χ0n) is 11.2. The van der Waals surface area contributed by atoms with E-state index in [1.54, 1.807) is 4.90 Å². The van der Waals surface area contributed by atoms with Crippen LogP contribution >= 0.6 is 0 Å². The SMILES string of the molecule is CN1C(=O)C2C3CC4C(OC1(c1ccccc1)C42)C3=O. The van der Waals surface area contributed by atoms with Gasteiger partial charge in [-0.1, -0.05) is 30.3 Å². The number of carbonyl (C=O) groups is 2. The molecule has 1 aromatic rings. The molecule has 2 saturated carbocycles. The number of carbonyl (C=O) groups excluding carboxylic acids is 2. The molecule has 102 valence electrons. The summed E-state index contributed by atoms with van der Waals surface area (Å²) in [6.07, 6.45) is 0.546. The fraction of sp³-hybridized carbons (Fsp3) is 0.500. The molecule has 2 bridgehead atoms. The quantitative estimate of drug-likeness (QED) is 0.768. The Hall–Kier alpha value is -1.68. The summed E-state index contributed by atoms with van der Waals surface area (Å²) in [4.78, 5) is 26.7. The Balaban J connectivity index is 1.77. The van der Waals surface area contributed by atoms with Gasteiger partial charge in [0.1, 0.15) is 6.10 Å². The topological polar surface area (TPSA) is 46.6 Å². The molecule has 4 aliphatic rings. The third kappa shape index (κ3) is 0.898. The lowest BCUT2D eigenvalue weighted by Crippen LogP contribution is -2.45. The maximum atomic E-state index is 12.6. The number of ketones is 1. The van der Waals surface area contributed by atoms with Crippen LogP contribution in [0.2, 0.25) is 0 Å². The van der Waals surface area contributed by atoms with Crippen molar-refractivity contribution in [1.82, 2.24) is 4.90 Å². The highest BCUT2D eigenvalue weighted by molar-refractivity contribution is 5.98. The van der Waals surface area contributed by atoms with E-state index in [0.717, 1.165) is 12.0 Å². The molecule has 1 amide bonds.